The standard InChI is InChI=1S/C66H39NO/c1-2-18-43-40(17-1)37-61(64-63(43)52-25-9-16-32-62(52)68-64)67(41-33-35-50-48-23-7-14-30-57(48)65(59(50)38-41)53-26-10-3-19-44(53)45-20-4-11-27-54(45)65)42-34-36-51-49-24-8-15-31-58(49)66(60(51)39-42)55-28-12-5-21-46(55)47-22-6-13-29-56(47)66/h1-39H. The number of para-hydroxylation sites is 1. The van der Waals surface area contributed by atoms with Crippen molar-refractivity contribution in [3.8, 4) is 44.5 Å². The molecule has 0 saturated carbocycles. The van der Waals surface area contributed by atoms with Crippen molar-refractivity contribution >= 4 is 49.8 Å². The summed E-state index contributed by atoms with van der Waals surface area (Å²) in [4.78, 5) is 2.50. The molecule has 2 nitrogen and oxygen atoms in total. The molecule has 0 atom stereocenters. The molecule has 0 saturated heterocycles. The van der Waals surface area contributed by atoms with E-state index in [-0.39, 0.29) is 0 Å². The van der Waals surface area contributed by atoms with Crippen molar-refractivity contribution in [2.45, 2.75) is 10.8 Å². The van der Waals surface area contributed by atoms with Crippen LogP contribution in [0.15, 0.2) is 241 Å². The van der Waals surface area contributed by atoms with Crippen molar-refractivity contribution in [3.63, 3.8) is 0 Å². The van der Waals surface area contributed by atoms with E-state index in [2.05, 4.69) is 241 Å². The van der Waals surface area contributed by atoms with Crippen LogP contribution in [0.3, 0.4) is 0 Å². The molecule has 314 valence electrons. The fourth-order valence-corrected chi connectivity index (χ4v) is 13.6. The van der Waals surface area contributed by atoms with Crippen LogP contribution in [0.2, 0.25) is 0 Å². The highest BCUT2D eigenvalue weighted by atomic mass is 16.3. The number of hydrogen-bond donors (Lipinski definition) is 0. The summed E-state index contributed by atoms with van der Waals surface area (Å²) in [7, 11) is 0. The molecule has 0 N–H and O–H groups in total. The molecule has 0 unspecified atom stereocenters. The predicted molar refractivity (Wildman–Crippen MR) is 279 cm³/mol. The summed E-state index contributed by atoms with van der Waals surface area (Å²) in [6.45, 7) is 0. The van der Waals surface area contributed by atoms with Crippen LogP contribution >= 0.6 is 0 Å². The Bertz CT molecular complexity index is 3870. The van der Waals surface area contributed by atoms with Gasteiger partial charge < -0.3 is 9.32 Å². The largest absolute Gasteiger partial charge is 0.454 e. The van der Waals surface area contributed by atoms with Crippen molar-refractivity contribution in [2.24, 2.45) is 0 Å². The summed E-state index contributed by atoms with van der Waals surface area (Å²) < 4.78 is 7.13. The number of fused-ring (bicyclic) bond motifs is 25. The smallest absolute Gasteiger partial charge is 0.160 e. The molecule has 0 bridgehead atoms. The van der Waals surface area contributed by atoms with Gasteiger partial charge >= 0.3 is 0 Å². The summed E-state index contributed by atoms with van der Waals surface area (Å²) in [6.07, 6.45) is 0. The second-order valence-corrected chi connectivity index (χ2v) is 19.0. The summed E-state index contributed by atoms with van der Waals surface area (Å²) in [6, 6.07) is 88.7. The molecule has 12 aromatic rings. The third kappa shape index (κ3) is 4.31. The molecule has 16 rings (SSSR count). The zero-order chi connectivity index (χ0) is 44.3. The van der Waals surface area contributed by atoms with Crippen LogP contribution < -0.4 is 4.90 Å². The lowest BCUT2D eigenvalue weighted by Crippen LogP contribution is -2.26. The lowest BCUT2D eigenvalue weighted by atomic mass is 9.70. The van der Waals surface area contributed by atoms with Crippen molar-refractivity contribution in [1.82, 2.24) is 0 Å². The van der Waals surface area contributed by atoms with E-state index < -0.39 is 10.8 Å². The monoisotopic (exact) mass is 861 g/mol. The zero-order valence-electron chi connectivity index (χ0n) is 36.9. The molecule has 0 fully saturated rings. The first-order valence-corrected chi connectivity index (χ1v) is 23.8. The van der Waals surface area contributed by atoms with Crippen LogP contribution in [-0.4, -0.2) is 0 Å². The van der Waals surface area contributed by atoms with Crippen LogP contribution in [0, 0.1) is 0 Å². The van der Waals surface area contributed by atoms with Gasteiger partial charge in [0, 0.05) is 22.1 Å². The molecule has 0 amide bonds. The fourth-order valence-electron chi connectivity index (χ4n) is 13.6. The lowest BCUT2D eigenvalue weighted by Gasteiger charge is -2.33. The Morgan fingerprint density at radius 1 is 0.294 bits per heavy atom. The molecule has 68 heavy (non-hydrogen) atoms. The topological polar surface area (TPSA) is 16.4 Å². The van der Waals surface area contributed by atoms with Crippen LogP contribution in [0.25, 0.3) is 77.2 Å². The quantitative estimate of drug-likeness (QED) is 0.176. The first-order valence-electron chi connectivity index (χ1n) is 23.8. The number of anilines is 3. The van der Waals surface area contributed by atoms with Gasteiger partial charge in [-0.05, 0) is 136 Å². The van der Waals surface area contributed by atoms with Crippen LogP contribution in [-0.2, 0) is 10.8 Å². The lowest BCUT2D eigenvalue weighted by molar-refractivity contribution is 0.669. The van der Waals surface area contributed by atoms with E-state index in [4.69, 9.17) is 4.42 Å². The Morgan fingerprint density at radius 2 is 0.647 bits per heavy atom. The Hall–Kier alpha value is -8.72. The van der Waals surface area contributed by atoms with Gasteiger partial charge in [0.05, 0.1) is 16.5 Å². The van der Waals surface area contributed by atoms with Crippen LogP contribution in [0.1, 0.15) is 44.5 Å². The second kappa shape index (κ2) is 13.0. The summed E-state index contributed by atoms with van der Waals surface area (Å²) >= 11 is 0. The van der Waals surface area contributed by atoms with E-state index in [9.17, 15) is 0 Å². The summed E-state index contributed by atoms with van der Waals surface area (Å²) in [5.41, 5.74) is 24.8. The molecule has 11 aromatic carbocycles. The maximum atomic E-state index is 7.13. The molecule has 1 aromatic heterocycles. The maximum Gasteiger partial charge on any atom is 0.160 e. The maximum absolute atomic E-state index is 7.13. The van der Waals surface area contributed by atoms with E-state index in [0.717, 1.165) is 39.0 Å². The number of benzene rings is 11. The molecule has 2 heteroatoms. The van der Waals surface area contributed by atoms with Crippen molar-refractivity contribution in [2.75, 3.05) is 4.90 Å². The number of hydrogen-bond acceptors (Lipinski definition) is 2. The van der Waals surface area contributed by atoms with Gasteiger partial charge in [-0.2, -0.15) is 0 Å². The Labute approximate surface area is 393 Å². The van der Waals surface area contributed by atoms with Crippen LogP contribution in [0.5, 0.6) is 0 Å². The van der Waals surface area contributed by atoms with Gasteiger partial charge in [-0.15, -0.1) is 0 Å². The Morgan fingerprint density at radius 3 is 1.09 bits per heavy atom. The molecule has 4 aliphatic rings. The average Bonchev–Trinajstić information content (AvgIpc) is 4.18. The average molecular weight is 862 g/mol. The van der Waals surface area contributed by atoms with Gasteiger partial charge in [0.1, 0.15) is 5.58 Å². The van der Waals surface area contributed by atoms with Gasteiger partial charge in [-0.3, -0.25) is 0 Å². The molecule has 4 aliphatic carbocycles. The fraction of sp³-hybridized carbons (Fsp3) is 0.0303. The van der Waals surface area contributed by atoms with Gasteiger partial charge in [0.25, 0.3) is 0 Å². The highest BCUT2D eigenvalue weighted by Gasteiger charge is 2.53. The minimum atomic E-state index is -0.500. The van der Waals surface area contributed by atoms with Crippen molar-refractivity contribution < 1.29 is 4.42 Å². The SMILES string of the molecule is c1ccc2c(c1)-c1ccccc1C21c2ccccc2-c2ccc(N(c3ccc4c(c3)C3(c5ccccc5-c5ccccc53)c3ccccc3-4)c3cc4ccccc4c4c3oc3ccccc34)cc21. The number of rotatable bonds is 3. The normalized spacial score (nSPS) is 14.4. The van der Waals surface area contributed by atoms with Crippen molar-refractivity contribution in [3.05, 3.63) is 281 Å². The third-order valence-electron chi connectivity index (χ3n) is 16.1. The predicted octanol–water partition coefficient (Wildman–Crippen LogP) is 16.9. The molecular formula is C66H39NO. The zero-order valence-corrected chi connectivity index (χ0v) is 36.9. The Kier molecular flexibility index (Phi) is 6.98. The summed E-state index contributed by atoms with van der Waals surface area (Å²) in [5, 5.41) is 4.59. The minimum Gasteiger partial charge on any atom is -0.454 e. The number of furan rings is 1. The molecule has 0 aliphatic heterocycles. The van der Waals surface area contributed by atoms with E-state index in [1.165, 1.54) is 99.8 Å². The Balaban J connectivity index is 1.03. The molecular weight excluding hydrogens is 823 g/mol. The number of nitrogens with zero attached hydrogens (tertiary/aromatic N) is 1. The van der Waals surface area contributed by atoms with Gasteiger partial charge in [0.2, 0.25) is 0 Å². The third-order valence-corrected chi connectivity index (χ3v) is 16.1. The highest BCUT2D eigenvalue weighted by molar-refractivity contribution is 6.23. The van der Waals surface area contributed by atoms with Gasteiger partial charge in [-0.1, -0.05) is 200 Å². The highest BCUT2D eigenvalue weighted by Crippen LogP contribution is 2.65. The van der Waals surface area contributed by atoms with Gasteiger partial charge in [0.15, 0.2) is 5.58 Å². The molecule has 0 radical (unpaired) electrons. The first-order chi connectivity index (χ1) is 33.7. The summed E-state index contributed by atoms with van der Waals surface area (Å²) in [5.74, 6) is 0. The van der Waals surface area contributed by atoms with Crippen LogP contribution in [0.4, 0.5) is 17.1 Å². The minimum absolute atomic E-state index is 0.500. The first kappa shape index (κ1) is 36.5. The van der Waals surface area contributed by atoms with E-state index in [0.29, 0.717) is 0 Å². The van der Waals surface area contributed by atoms with E-state index in [1.54, 1.807) is 0 Å². The van der Waals surface area contributed by atoms with E-state index >= 15 is 0 Å². The molecule has 2 spiro atoms. The van der Waals surface area contributed by atoms with Gasteiger partial charge in [-0.25, -0.2) is 0 Å². The van der Waals surface area contributed by atoms with Crippen molar-refractivity contribution in [1.29, 1.82) is 0 Å². The second-order valence-electron chi connectivity index (χ2n) is 19.0. The molecule has 1 heterocycles. The van der Waals surface area contributed by atoms with E-state index in [1.807, 2.05) is 0 Å².